The van der Waals surface area contributed by atoms with Gasteiger partial charge in [-0.3, -0.25) is 4.79 Å². The molecule has 170 valence electrons. The van der Waals surface area contributed by atoms with Gasteiger partial charge >= 0.3 is 6.03 Å². The number of carbonyl (C=O) groups is 2. The Labute approximate surface area is 190 Å². The van der Waals surface area contributed by atoms with Gasteiger partial charge in [0.1, 0.15) is 11.4 Å². The van der Waals surface area contributed by atoms with E-state index in [1.807, 2.05) is 67.3 Å². The molecule has 6 nitrogen and oxygen atoms in total. The van der Waals surface area contributed by atoms with Crippen LogP contribution >= 0.6 is 0 Å². The Balaban J connectivity index is 1.39. The van der Waals surface area contributed by atoms with E-state index in [2.05, 4.69) is 16.7 Å². The summed E-state index contributed by atoms with van der Waals surface area (Å²) in [5.41, 5.74) is 1.87. The summed E-state index contributed by atoms with van der Waals surface area (Å²) < 4.78 is 6.52. The van der Waals surface area contributed by atoms with Gasteiger partial charge in [-0.05, 0) is 37.5 Å². The fraction of sp³-hybridized carbons (Fsp3) is 0.462. The van der Waals surface area contributed by atoms with Crippen molar-refractivity contribution in [3.63, 3.8) is 0 Å². The molecule has 6 heteroatoms. The maximum atomic E-state index is 12.7. The molecule has 2 aromatic rings. The van der Waals surface area contributed by atoms with Gasteiger partial charge < -0.3 is 20.3 Å². The zero-order valence-electron chi connectivity index (χ0n) is 19.0. The number of hydrogen-bond donors (Lipinski definition) is 2. The third-order valence-electron chi connectivity index (χ3n) is 6.43. The van der Waals surface area contributed by atoms with Crippen molar-refractivity contribution in [3.05, 3.63) is 65.7 Å². The van der Waals surface area contributed by atoms with E-state index in [0.29, 0.717) is 26.1 Å². The Morgan fingerprint density at radius 1 is 1.06 bits per heavy atom. The third kappa shape index (κ3) is 5.23. The van der Waals surface area contributed by atoms with Gasteiger partial charge in [-0.25, -0.2) is 4.79 Å². The van der Waals surface area contributed by atoms with E-state index in [1.54, 1.807) is 0 Å². The molecule has 0 radical (unpaired) electrons. The first kappa shape index (κ1) is 22.2. The number of nitrogens with zero attached hydrogens (tertiary/aromatic N) is 1. The van der Waals surface area contributed by atoms with E-state index in [9.17, 15) is 9.59 Å². The summed E-state index contributed by atoms with van der Waals surface area (Å²) in [5.74, 6) is 1.08. The first-order chi connectivity index (χ1) is 15.4. The second-order valence-electron chi connectivity index (χ2n) is 9.28. The second-order valence-corrected chi connectivity index (χ2v) is 9.28. The highest BCUT2D eigenvalue weighted by Crippen LogP contribution is 2.46. The molecule has 2 heterocycles. The summed E-state index contributed by atoms with van der Waals surface area (Å²) >= 11 is 0. The monoisotopic (exact) mass is 435 g/mol. The minimum atomic E-state index is -0.326. The molecule has 0 bridgehead atoms. The summed E-state index contributed by atoms with van der Waals surface area (Å²) in [4.78, 5) is 27.1. The summed E-state index contributed by atoms with van der Waals surface area (Å²) in [7, 11) is 0. The molecular weight excluding hydrogens is 402 g/mol. The van der Waals surface area contributed by atoms with Crippen LogP contribution in [0.3, 0.4) is 0 Å². The van der Waals surface area contributed by atoms with Gasteiger partial charge in [0.05, 0.1) is 0 Å². The molecule has 2 aliphatic rings. The Hall–Kier alpha value is -3.02. The molecule has 0 aromatic heterocycles. The predicted molar refractivity (Wildman–Crippen MR) is 125 cm³/mol. The third-order valence-corrected chi connectivity index (χ3v) is 6.43. The molecule has 1 saturated heterocycles. The van der Waals surface area contributed by atoms with Crippen molar-refractivity contribution in [1.29, 1.82) is 0 Å². The summed E-state index contributed by atoms with van der Waals surface area (Å²) in [6, 6.07) is 18.1. The van der Waals surface area contributed by atoms with E-state index >= 15 is 0 Å². The molecule has 1 spiro atoms. The fourth-order valence-corrected chi connectivity index (χ4v) is 4.84. The molecule has 2 N–H and O–H groups in total. The number of piperidine rings is 1. The lowest BCUT2D eigenvalue weighted by Crippen LogP contribution is -2.53. The maximum absolute atomic E-state index is 12.7. The van der Waals surface area contributed by atoms with Gasteiger partial charge in [-0.15, -0.1) is 0 Å². The van der Waals surface area contributed by atoms with Gasteiger partial charge in [-0.2, -0.15) is 0 Å². The molecule has 3 amide bonds. The number of carbonyl (C=O) groups excluding carboxylic acids is 2. The van der Waals surface area contributed by atoms with Crippen LogP contribution in [0.4, 0.5) is 4.79 Å². The Morgan fingerprint density at radius 3 is 2.47 bits per heavy atom. The summed E-state index contributed by atoms with van der Waals surface area (Å²) in [5, 5.41) is 6.04. The SMILES string of the molecule is CC(C)NC(=O)CC1CC2(CCN(C(=O)NCc3ccccc3)CC2)Oc2ccccc21. The smallest absolute Gasteiger partial charge is 0.317 e. The average Bonchev–Trinajstić information content (AvgIpc) is 2.78. The van der Waals surface area contributed by atoms with Crippen LogP contribution < -0.4 is 15.4 Å². The molecule has 2 aliphatic heterocycles. The number of nitrogens with one attached hydrogen (secondary N) is 2. The molecule has 1 atom stereocenters. The molecule has 1 unspecified atom stereocenters. The van der Waals surface area contributed by atoms with Crippen LogP contribution in [0.1, 0.15) is 56.6 Å². The van der Waals surface area contributed by atoms with Crippen molar-refractivity contribution in [3.8, 4) is 5.75 Å². The average molecular weight is 436 g/mol. The lowest BCUT2D eigenvalue weighted by atomic mass is 9.76. The normalized spacial score (nSPS) is 19.2. The van der Waals surface area contributed by atoms with Crippen molar-refractivity contribution >= 4 is 11.9 Å². The highest BCUT2D eigenvalue weighted by molar-refractivity contribution is 5.77. The van der Waals surface area contributed by atoms with Crippen LogP contribution in [0.15, 0.2) is 54.6 Å². The number of urea groups is 1. The number of amides is 3. The van der Waals surface area contributed by atoms with Gasteiger partial charge in [0.2, 0.25) is 5.91 Å². The van der Waals surface area contributed by atoms with E-state index in [0.717, 1.165) is 36.1 Å². The fourth-order valence-electron chi connectivity index (χ4n) is 4.84. The highest BCUT2D eigenvalue weighted by atomic mass is 16.5. The molecule has 0 saturated carbocycles. The molecule has 32 heavy (non-hydrogen) atoms. The van der Waals surface area contributed by atoms with Gasteiger partial charge in [0, 0.05) is 50.9 Å². The Morgan fingerprint density at radius 2 is 1.75 bits per heavy atom. The summed E-state index contributed by atoms with van der Waals surface area (Å²) in [6.45, 7) is 5.78. The molecule has 1 fully saturated rings. The molecule has 4 rings (SSSR count). The minimum Gasteiger partial charge on any atom is -0.487 e. The second kappa shape index (κ2) is 9.63. The van der Waals surface area contributed by atoms with Crippen molar-refractivity contribution in [2.45, 2.75) is 63.6 Å². The zero-order chi connectivity index (χ0) is 22.6. The van der Waals surface area contributed by atoms with Crippen LogP contribution in [-0.4, -0.2) is 41.6 Å². The van der Waals surface area contributed by atoms with Gasteiger partial charge in [-0.1, -0.05) is 48.5 Å². The lowest BCUT2D eigenvalue weighted by molar-refractivity contribution is -0.122. The number of benzene rings is 2. The number of para-hydroxylation sites is 1. The van der Waals surface area contributed by atoms with Crippen LogP contribution in [0.2, 0.25) is 0 Å². The van der Waals surface area contributed by atoms with Gasteiger partial charge in [0.15, 0.2) is 0 Å². The standard InChI is InChI=1S/C26H33N3O3/c1-19(2)28-24(30)16-21-17-26(32-23-11-7-6-10-22(21)23)12-14-29(15-13-26)25(31)27-18-20-8-4-3-5-9-20/h3-11,19,21H,12-18H2,1-2H3,(H,27,31)(H,28,30). The Kier molecular flexibility index (Phi) is 6.68. The van der Waals surface area contributed by atoms with Crippen molar-refractivity contribution in [1.82, 2.24) is 15.5 Å². The van der Waals surface area contributed by atoms with Crippen LogP contribution in [-0.2, 0) is 11.3 Å². The lowest BCUT2D eigenvalue weighted by Gasteiger charge is -2.46. The first-order valence-corrected chi connectivity index (χ1v) is 11.6. The maximum Gasteiger partial charge on any atom is 0.317 e. The van der Waals surface area contributed by atoms with E-state index in [4.69, 9.17) is 4.74 Å². The quantitative estimate of drug-likeness (QED) is 0.739. The van der Waals surface area contributed by atoms with Crippen molar-refractivity contribution < 1.29 is 14.3 Å². The number of rotatable bonds is 5. The van der Waals surface area contributed by atoms with E-state index < -0.39 is 0 Å². The zero-order valence-corrected chi connectivity index (χ0v) is 19.0. The number of fused-ring (bicyclic) bond motifs is 1. The van der Waals surface area contributed by atoms with E-state index in [-0.39, 0.29) is 29.5 Å². The van der Waals surface area contributed by atoms with Crippen molar-refractivity contribution in [2.24, 2.45) is 0 Å². The number of likely N-dealkylation sites (tertiary alicyclic amines) is 1. The van der Waals surface area contributed by atoms with Crippen molar-refractivity contribution in [2.75, 3.05) is 13.1 Å². The van der Waals surface area contributed by atoms with Gasteiger partial charge in [0.25, 0.3) is 0 Å². The van der Waals surface area contributed by atoms with Crippen LogP contribution in [0, 0.1) is 0 Å². The number of ether oxygens (including phenoxy) is 1. The van der Waals surface area contributed by atoms with Crippen LogP contribution in [0.5, 0.6) is 5.75 Å². The van der Waals surface area contributed by atoms with Crippen LogP contribution in [0.25, 0.3) is 0 Å². The molecular formula is C26H33N3O3. The highest BCUT2D eigenvalue weighted by Gasteiger charge is 2.44. The first-order valence-electron chi connectivity index (χ1n) is 11.6. The molecule has 2 aromatic carbocycles. The topological polar surface area (TPSA) is 70.7 Å². The Bertz CT molecular complexity index is 936. The predicted octanol–water partition coefficient (Wildman–Crippen LogP) is 4.21. The summed E-state index contributed by atoms with van der Waals surface area (Å²) in [6.07, 6.45) is 2.79. The largest absolute Gasteiger partial charge is 0.487 e. The van der Waals surface area contributed by atoms with E-state index in [1.165, 1.54) is 0 Å². The number of hydrogen-bond acceptors (Lipinski definition) is 3. The molecule has 0 aliphatic carbocycles. The minimum absolute atomic E-state index is 0.0345.